The first kappa shape index (κ1) is 17.8. The molecule has 1 atom stereocenters. The third-order valence-electron chi connectivity index (χ3n) is 4.23. The van der Waals surface area contributed by atoms with Crippen LogP contribution < -0.4 is 9.46 Å². The molecule has 1 aromatic carbocycles. The van der Waals surface area contributed by atoms with Crippen molar-refractivity contribution in [2.24, 2.45) is 0 Å². The Morgan fingerprint density at radius 3 is 2.92 bits per heavy atom. The van der Waals surface area contributed by atoms with Gasteiger partial charge in [0.25, 0.3) is 10.0 Å². The molecule has 0 amide bonds. The topological polar surface area (TPSA) is 82.5 Å². The lowest BCUT2D eigenvalue weighted by atomic mass is 10.1. The van der Waals surface area contributed by atoms with Gasteiger partial charge in [-0.05, 0) is 49.9 Å². The first-order chi connectivity index (χ1) is 12.0. The van der Waals surface area contributed by atoms with Crippen molar-refractivity contribution in [2.75, 3.05) is 18.4 Å². The first-order valence-corrected chi connectivity index (χ1v) is 9.78. The van der Waals surface area contributed by atoms with Crippen molar-refractivity contribution in [2.45, 2.75) is 43.7 Å². The highest BCUT2D eigenvalue weighted by atomic mass is 32.2. The summed E-state index contributed by atoms with van der Waals surface area (Å²) in [6.07, 6.45) is 6.60. The summed E-state index contributed by atoms with van der Waals surface area (Å²) in [5.41, 5.74) is 1.19. The largest absolute Gasteiger partial charge is 0.496 e. The molecular weight excluding hydrogens is 342 g/mol. The van der Waals surface area contributed by atoms with E-state index in [1.54, 1.807) is 37.0 Å². The Morgan fingerprint density at radius 2 is 2.24 bits per heavy atom. The highest BCUT2D eigenvalue weighted by Gasteiger charge is 2.18. The minimum absolute atomic E-state index is 0.141. The van der Waals surface area contributed by atoms with E-state index in [1.165, 1.54) is 12.3 Å². The number of hydrogen-bond donors (Lipinski definition) is 1. The third kappa shape index (κ3) is 4.32. The quantitative estimate of drug-likeness (QED) is 0.851. The van der Waals surface area contributed by atoms with Crippen LogP contribution in [0.4, 0.5) is 5.69 Å². The summed E-state index contributed by atoms with van der Waals surface area (Å²) in [5, 5.41) is 4.22. The molecule has 1 unspecified atom stereocenters. The number of sulfonamides is 1. The van der Waals surface area contributed by atoms with E-state index >= 15 is 0 Å². The van der Waals surface area contributed by atoms with Crippen LogP contribution in [0.1, 0.15) is 24.8 Å². The summed E-state index contributed by atoms with van der Waals surface area (Å²) in [6, 6.07) is 4.75. The minimum atomic E-state index is -3.67. The molecule has 0 aliphatic carbocycles. The van der Waals surface area contributed by atoms with Crippen LogP contribution in [0.25, 0.3) is 0 Å². The van der Waals surface area contributed by atoms with Crippen LogP contribution in [0.2, 0.25) is 0 Å². The van der Waals surface area contributed by atoms with Gasteiger partial charge >= 0.3 is 0 Å². The van der Waals surface area contributed by atoms with Crippen molar-refractivity contribution in [1.82, 2.24) is 9.78 Å². The van der Waals surface area contributed by atoms with Crippen LogP contribution in [0.3, 0.4) is 0 Å². The number of benzene rings is 1. The monoisotopic (exact) mass is 365 g/mol. The Morgan fingerprint density at radius 1 is 1.40 bits per heavy atom. The molecule has 1 saturated heterocycles. The number of rotatable bonds is 6. The Labute approximate surface area is 148 Å². The zero-order valence-corrected chi connectivity index (χ0v) is 15.3. The van der Waals surface area contributed by atoms with Crippen molar-refractivity contribution < 1.29 is 17.9 Å². The van der Waals surface area contributed by atoms with Gasteiger partial charge in [0.05, 0.1) is 36.5 Å². The van der Waals surface area contributed by atoms with E-state index < -0.39 is 10.0 Å². The predicted octanol–water partition coefficient (Wildman–Crippen LogP) is 2.57. The number of methoxy groups -OCH3 is 1. The maximum absolute atomic E-state index is 12.5. The Balaban J connectivity index is 1.69. The van der Waals surface area contributed by atoms with Crippen LogP contribution in [-0.4, -0.2) is 38.0 Å². The standard InChI is InChI=1S/C17H23N3O4S/c1-13-9-16(6-7-17(13)23-2)25(21,22)19-14-10-18-20(11-14)12-15-5-3-4-8-24-15/h6-7,9-11,15,19H,3-5,8,12H2,1-2H3. The van der Waals surface area contributed by atoms with Gasteiger partial charge < -0.3 is 9.47 Å². The molecule has 2 heterocycles. The average Bonchev–Trinajstić information content (AvgIpc) is 3.02. The Bertz CT molecular complexity index is 826. The summed E-state index contributed by atoms with van der Waals surface area (Å²) in [5.74, 6) is 0.652. The molecule has 1 aromatic heterocycles. The summed E-state index contributed by atoms with van der Waals surface area (Å²) >= 11 is 0. The smallest absolute Gasteiger partial charge is 0.262 e. The zero-order valence-electron chi connectivity index (χ0n) is 14.4. The van der Waals surface area contributed by atoms with Crippen LogP contribution in [0.5, 0.6) is 5.75 Å². The number of nitrogens with one attached hydrogen (secondary N) is 1. The summed E-state index contributed by atoms with van der Waals surface area (Å²) < 4.78 is 40.2. The molecule has 0 bridgehead atoms. The number of aromatic nitrogens is 2. The summed E-state index contributed by atoms with van der Waals surface area (Å²) in [6.45, 7) is 3.21. The molecule has 1 aliphatic rings. The van der Waals surface area contributed by atoms with Crippen LogP contribution >= 0.6 is 0 Å². The average molecular weight is 365 g/mol. The van der Waals surface area contributed by atoms with E-state index in [-0.39, 0.29) is 11.0 Å². The lowest BCUT2D eigenvalue weighted by molar-refractivity contribution is 0.00401. The van der Waals surface area contributed by atoms with E-state index in [9.17, 15) is 8.42 Å². The normalized spacial score (nSPS) is 18.1. The lowest BCUT2D eigenvalue weighted by Gasteiger charge is -2.22. The van der Waals surface area contributed by atoms with E-state index in [4.69, 9.17) is 9.47 Å². The molecule has 25 heavy (non-hydrogen) atoms. The molecule has 136 valence electrons. The van der Waals surface area contributed by atoms with Gasteiger partial charge in [0.2, 0.25) is 0 Å². The van der Waals surface area contributed by atoms with Crippen molar-refractivity contribution in [3.63, 3.8) is 0 Å². The lowest BCUT2D eigenvalue weighted by Crippen LogP contribution is -2.24. The second-order valence-electron chi connectivity index (χ2n) is 6.18. The fourth-order valence-corrected chi connectivity index (χ4v) is 4.02. The van der Waals surface area contributed by atoms with Gasteiger partial charge in [-0.25, -0.2) is 8.42 Å². The minimum Gasteiger partial charge on any atom is -0.496 e. The Kier molecular flexibility index (Phi) is 5.29. The number of nitrogens with zero attached hydrogens (tertiary/aromatic N) is 2. The van der Waals surface area contributed by atoms with E-state index in [0.717, 1.165) is 31.4 Å². The molecule has 1 aliphatic heterocycles. The fraction of sp³-hybridized carbons (Fsp3) is 0.471. The van der Waals surface area contributed by atoms with Gasteiger partial charge in [-0.1, -0.05) is 0 Å². The highest BCUT2D eigenvalue weighted by molar-refractivity contribution is 7.92. The molecule has 0 saturated carbocycles. The van der Waals surface area contributed by atoms with Gasteiger partial charge in [-0.2, -0.15) is 5.10 Å². The number of anilines is 1. The van der Waals surface area contributed by atoms with E-state index in [0.29, 0.717) is 18.0 Å². The van der Waals surface area contributed by atoms with E-state index in [1.807, 2.05) is 0 Å². The number of aryl methyl sites for hydroxylation is 1. The molecule has 8 heteroatoms. The molecule has 1 N–H and O–H groups in total. The van der Waals surface area contributed by atoms with E-state index in [2.05, 4.69) is 9.82 Å². The molecule has 0 spiro atoms. The van der Waals surface area contributed by atoms with Crippen LogP contribution in [-0.2, 0) is 21.3 Å². The van der Waals surface area contributed by atoms with Gasteiger partial charge in [0.1, 0.15) is 5.75 Å². The number of ether oxygens (including phenoxy) is 2. The van der Waals surface area contributed by atoms with Crippen molar-refractivity contribution >= 4 is 15.7 Å². The summed E-state index contributed by atoms with van der Waals surface area (Å²) in [4.78, 5) is 0.189. The molecule has 3 rings (SSSR count). The van der Waals surface area contributed by atoms with Gasteiger partial charge in [-0.15, -0.1) is 0 Å². The zero-order chi connectivity index (χ0) is 17.9. The third-order valence-corrected chi connectivity index (χ3v) is 5.61. The van der Waals surface area contributed by atoms with Gasteiger partial charge in [0, 0.05) is 12.8 Å². The second kappa shape index (κ2) is 7.45. The van der Waals surface area contributed by atoms with Gasteiger partial charge in [-0.3, -0.25) is 9.40 Å². The van der Waals surface area contributed by atoms with Crippen molar-refractivity contribution in [3.8, 4) is 5.75 Å². The molecule has 2 aromatic rings. The highest BCUT2D eigenvalue weighted by Crippen LogP contribution is 2.23. The van der Waals surface area contributed by atoms with Crippen LogP contribution in [0, 0.1) is 6.92 Å². The molecule has 7 nitrogen and oxygen atoms in total. The second-order valence-corrected chi connectivity index (χ2v) is 7.86. The maximum atomic E-state index is 12.5. The van der Waals surface area contributed by atoms with Gasteiger partial charge in [0.15, 0.2) is 0 Å². The van der Waals surface area contributed by atoms with Crippen LogP contribution in [0.15, 0.2) is 35.5 Å². The SMILES string of the molecule is COc1ccc(S(=O)(=O)Nc2cnn(CC3CCCCO3)c2)cc1C. The predicted molar refractivity (Wildman–Crippen MR) is 94.4 cm³/mol. The van der Waals surface area contributed by atoms with Crippen molar-refractivity contribution in [3.05, 3.63) is 36.2 Å². The first-order valence-electron chi connectivity index (χ1n) is 8.29. The summed E-state index contributed by atoms with van der Waals surface area (Å²) in [7, 11) is -2.12. The molecule has 0 radical (unpaired) electrons. The number of hydrogen-bond acceptors (Lipinski definition) is 5. The molecule has 1 fully saturated rings. The van der Waals surface area contributed by atoms with Crippen molar-refractivity contribution in [1.29, 1.82) is 0 Å². The maximum Gasteiger partial charge on any atom is 0.262 e. The Hall–Kier alpha value is -2.06. The fourth-order valence-electron chi connectivity index (χ4n) is 2.91. The molecular formula is C17H23N3O4S.